The Kier molecular flexibility index (Phi) is 2.47. The largest absolute Gasteiger partial charge is 0.381 e. The molecule has 0 bridgehead atoms. The summed E-state index contributed by atoms with van der Waals surface area (Å²) in [7, 11) is 0. The third kappa shape index (κ3) is 1.71. The van der Waals surface area contributed by atoms with Crippen LogP contribution in [-0.2, 0) is 0 Å². The standard InChI is InChI=1S/C17H18N2/c1-2-6-13(7-3-1)16-11-10-14-12-18-15-8-4-5-9-17(15)19(14)16/h1-9,14,16,18H,10-12H2/t14-,16+/m1/s1. The molecule has 2 heterocycles. The first kappa shape index (κ1) is 10.9. The van der Waals surface area contributed by atoms with Crippen molar-refractivity contribution < 1.29 is 0 Å². The van der Waals surface area contributed by atoms with Crippen LogP contribution < -0.4 is 10.2 Å². The fourth-order valence-corrected chi connectivity index (χ4v) is 3.53. The van der Waals surface area contributed by atoms with Crippen LogP contribution in [0.5, 0.6) is 0 Å². The number of benzene rings is 2. The van der Waals surface area contributed by atoms with Gasteiger partial charge in [-0.1, -0.05) is 42.5 Å². The van der Waals surface area contributed by atoms with Crippen molar-refractivity contribution in [2.24, 2.45) is 0 Å². The zero-order chi connectivity index (χ0) is 12.7. The molecular weight excluding hydrogens is 232 g/mol. The maximum Gasteiger partial charge on any atom is 0.0610 e. The van der Waals surface area contributed by atoms with Crippen molar-refractivity contribution in [3.63, 3.8) is 0 Å². The molecule has 1 saturated heterocycles. The van der Waals surface area contributed by atoms with Gasteiger partial charge < -0.3 is 10.2 Å². The Morgan fingerprint density at radius 2 is 1.68 bits per heavy atom. The molecule has 0 spiro atoms. The van der Waals surface area contributed by atoms with Gasteiger partial charge in [-0.25, -0.2) is 0 Å². The fourth-order valence-electron chi connectivity index (χ4n) is 3.53. The third-order valence-electron chi connectivity index (χ3n) is 4.40. The van der Waals surface area contributed by atoms with Crippen LogP contribution in [0.3, 0.4) is 0 Å². The molecule has 2 aromatic carbocycles. The summed E-state index contributed by atoms with van der Waals surface area (Å²) >= 11 is 0. The van der Waals surface area contributed by atoms with Gasteiger partial charge in [-0.3, -0.25) is 0 Å². The molecule has 0 saturated carbocycles. The number of rotatable bonds is 1. The van der Waals surface area contributed by atoms with Crippen molar-refractivity contribution in [3.05, 3.63) is 60.2 Å². The molecule has 4 rings (SSSR count). The maximum atomic E-state index is 3.56. The average Bonchev–Trinajstić information content (AvgIpc) is 2.92. The lowest BCUT2D eigenvalue weighted by atomic mass is 10.0. The Labute approximate surface area is 114 Å². The van der Waals surface area contributed by atoms with Crippen molar-refractivity contribution in [1.29, 1.82) is 0 Å². The van der Waals surface area contributed by atoms with Gasteiger partial charge in [0, 0.05) is 12.6 Å². The first-order valence-electron chi connectivity index (χ1n) is 7.10. The minimum absolute atomic E-state index is 0.537. The van der Waals surface area contributed by atoms with Crippen molar-refractivity contribution in [3.8, 4) is 0 Å². The Hall–Kier alpha value is -1.96. The summed E-state index contributed by atoms with van der Waals surface area (Å²) < 4.78 is 0. The zero-order valence-corrected chi connectivity index (χ0v) is 10.9. The lowest BCUT2D eigenvalue weighted by Crippen LogP contribution is -2.40. The predicted molar refractivity (Wildman–Crippen MR) is 79.6 cm³/mol. The topological polar surface area (TPSA) is 15.3 Å². The normalized spacial score (nSPS) is 24.5. The first-order valence-corrected chi connectivity index (χ1v) is 7.10. The second-order valence-electron chi connectivity index (χ2n) is 5.46. The van der Waals surface area contributed by atoms with E-state index >= 15 is 0 Å². The monoisotopic (exact) mass is 250 g/mol. The summed E-state index contributed by atoms with van der Waals surface area (Å²) in [5.74, 6) is 0. The van der Waals surface area contributed by atoms with E-state index in [1.165, 1.54) is 29.8 Å². The van der Waals surface area contributed by atoms with Gasteiger partial charge in [0.1, 0.15) is 0 Å². The smallest absolute Gasteiger partial charge is 0.0610 e. The Balaban J connectivity index is 1.78. The molecule has 2 aromatic rings. The fraction of sp³-hybridized carbons (Fsp3) is 0.294. The molecule has 96 valence electrons. The van der Waals surface area contributed by atoms with Crippen LogP contribution in [0.1, 0.15) is 24.4 Å². The minimum Gasteiger partial charge on any atom is -0.381 e. The van der Waals surface area contributed by atoms with Crippen LogP contribution in [0.15, 0.2) is 54.6 Å². The van der Waals surface area contributed by atoms with E-state index in [2.05, 4.69) is 64.8 Å². The summed E-state index contributed by atoms with van der Waals surface area (Å²) in [6.45, 7) is 1.07. The molecule has 1 N–H and O–H groups in total. The lowest BCUT2D eigenvalue weighted by molar-refractivity contribution is 0.649. The summed E-state index contributed by atoms with van der Waals surface area (Å²) in [6, 6.07) is 20.8. The summed E-state index contributed by atoms with van der Waals surface area (Å²) in [5, 5.41) is 3.56. The van der Waals surface area contributed by atoms with E-state index in [4.69, 9.17) is 0 Å². The summed E-state index contributed by atoms with van der Waals surface area (Å²) in [6.07, 6.45) is 2.53. The first-order chi connectivity index (χ1) is 9.43. The molecule has 0 amide bonds. The molecule has 1 fully saturated rings. The highest BCUT2D eigenvalue weighted by Crippen LogP contribution is 2.44. The lowest BCUT2D eigenvalue weighted by Gasteiger charge is -2.38. The van der Waals surface area contributed by atoms with Crippen molar-refractivity contribution in [2.45, 2.75) is 24.9 Å². The van der Waals surface area contributed by atoms with Gasteiger partial charge in [-0.05, 0) is 30.5 Å². The predicted octanol–water partition coefficient (Wildman–Crippen LogP) is 3.82. The van der Waals surface area contributed by atoms with E-state index in [0.29, 0.717) is 12.1 Å². The van der Waals surface area contributed by atoms with Crippen LogP contribution in [0.2, 0.25) is 0 Å². The van der Waals surface area contributed by atoms with Gasteiger partial charge >= 0.3 is 0 Å². The molecule has 2 atom stereocenters. The van der Waals surface area contributed by atoms with Crippen molar-refractivity contribution in [1.82, 2.24) is 0 Å². The highest BCUT2D eigenvalue weighted by Gasteiger charge is 2.37. The van der Waals surface area contributed by atoms with Gasteiger partial charge in [0.25, 0.3) is 0 Å². The summed E-state index contributed by atoms with van der Waals surface area (Å²) in [5.41, 5.74) is 4.09. The van der Waals surface area contributed by atoms with Gasteiger partial charge in [0.2, 0.25) is 0 Å². The molecule has 0 unspecified atom stereocenters. The molecule has 19 heavy (non-hydrogen) atoms. The minimum atomic E-state index is 0.537. The molecule has 2 aliphatic rings. The highest BCUT2D eigenvalue weighted by molar-refractivity contribution is 5.74. The van der Waals surface area contributed by atoms with Crippen LogP contribution in [0.4, 0.5) is 11.4 Å². The number of fused-ring (bicyclic) bond motifs is 3. The molecular formula is C17H18N2. The molecule has 2 aliphatic heterocycles. The van der Waals surface area contributed by atoms with E-state index in [1.54, 1.807) is 0 Å². The van der Waals surface area contributed by atoms with Crippen LogP contribution in [-0.4, -0.2) is 12.6 Å². The highest BCUT2D eigenvalue weighted by atomic mass is 15.3. The van der Waals surface area contributed by atoms with Gasteiger partial charge in [0.15, 0.2) is 0 Å². The SMILES string of the molecule is c1ccc([C@@H]2CC[C@@H]3CNc4ccccc4N32)cc1. The van der Waals surface area contributed by atoms with Crippen LogP contribution >= 0.6 is 0 Å². The quantitative estimate of drug-likeness (QED) is 0.827. The van der Waals surface area contributed by atoms with Gasteiger partial charge in [-0.2, -0.15) is 0 Å². The van der Waals surface area contributed by atoms with Crippen molar-refractivity contribution >= 4 is 11.4 Å². The average molecular weight is 250 g/mol. The van der Waals surface area contributed by atoms with E-state index in [9.17, 15) is 0 Å². The molecule has 0 aliphatic carbocycles. The molecule has 0 aromatic heterocycles. The van der Waals surface area contributed by atoms with E-state index in [0.717, 1.165) is 6.54 Å². The number of anilines is 2. The number of para-hydroxylation sites is 2. The second-order valence-corrected chi connectivity index (χ2v) is 5.46. The van der Waals surface area contributed by atoms with E-state index in [1.807, 2.05) is 0 Å². The number of hydrogen-bond donors (Lipinski definition) is 1. The Bertz CT molecular complexity index is 579. The van der Waals surface area contributed by atoms with E-state index < -0.39 is 0 Å². The Morgan fingerprint density at radius 1 is 0.895 bits per heavy atom. The summed E-state index contributed by atoms with van der Waals surface area (Å²) in [4.78, 5) is 2.63. The number of hydrogen-bond acceptors (Lipinski definition) is 2. The zero-order valence-electron chi connectivity index (χ0n) is 10.9. The van der Waals surface area contributed by atoms with Gasteiger partial charge in [0.05, 0.1) is 17.4 Å². The molecule has 2 heteroatoms. The van der Waals surface area contributed by atoms with E-state index in [-0.39, 0.29) is 0 Å². The van der Waals surface area contributed by atoms with Crippen molar-refractivity contribution in [2.75, 3.05) is 16.8 Å². The van der Waals surface area contributed by atoms with Crippen LogP contribution in [0, 0.1) is 0 Å². The molecule has 0 radical (unpaired) electrons. The molecule has 2 nitrogen and oxygen atoms in total. The maximum absolute atomic E-state index is 3.56. The Morgan fingerprint density at radius 3 is 2.58 bits per heavy atom. The number of nitrogens with zero attached hydrogens (tertiary/aromatic N) is 1. The van der Waals surface area contributed by atoms with Gasteiger partial charge in [-0.15, -0.1) is 0 Å². The van der Waals surface area contributed by atoms with Crippen LogP contribution in [0.25, 0.3) is 0 Å². The third-order valence-corrected chi connectivity index (χ3v) is 4.40. The second kappa shape index (κ2) is 4.30. The number of nitrogens with one attached hydrogen (secondary N) is 1.